The molecule has 2 aliphatic rings. The summed E-state index contributed by atoms with van der Waals surface area (Å²) in [5, 5.41) is 0.888. The number of nitrogens with zero attached hydrogens (tertiary/aromatic N) is 2. The smallest absolute Gasteiger partial charge is 0.286 e. The molecule has 2 aliphatic heterocycles. The average Bonchev–Trinajstić information content (AvgIpc) is 2.70. The molecule has 1 fully saturated rings. The number of amides is 1. The maximum Gasteiger partial charge on any atom is 0.286 e. The summed E-state index contributed by atoms with van der Waals surface area (Å²) in [6.45, 7) is 2.05. The zero-order chi connectivity index (χ0) is 13.8. The van der Waals surface area contributed by atoms with Crippen molar-refractivity contribution in [3.05, 3.63) is 40.8 Å². The van der Waals surface area contributed by atoms with Gasteiger partial charge in [0.1, 0.15) is 0 Å². The molecule has 0 unspecified atom stereocenters. The van der Waals surface area contributed by atoms with Gasteiger partial charge in [-0.3, -0.25) is 4.79 Å². The molecule has 2 heterocycles. The van der Waals surface area contributed by atoms with E-state index in [1.807, 2.05) is 36.4 Å². The molecule has 0 N–H and O–H groups in total. The Balaban J connectivity index is 1.73. The number of amidine groups is 1. The van der Waals surface area contributed by atoms with E-state index in [0.29, 0.717) is 0 Å². The van der Waals surface area contributed by atoms with E-state index >= 15 is 0 Å². The molecule has 0 atom stereocenters. The maximum absolute atomic E-state index is 12.0. The molecule has 104 valence electrons. The predicted molar refractivity (Wildman–Crippen MR) is 84.5 cm³/mol. The third-order valence-electron chi connectivity index (χ3n) is 3.58. The quantitative estimate of drug-likeness (QED) is 0.740. The second-order valence-corrected chi connectivity index (χ2v) is 6.13. The number of benzene rings is 1. The number of rotatable bonds is 1. The number of carbonyl (C=O) groups excluding carboxylic acids is 1. The molecule has 3 rings (SSSR count). The maximum atomic E-state index is 12.0. The summed E-state index contributed by atoms with van der Waals surface area (Å²) in [5.74, 6) is -0.0990. The van der Waals surface area contributed by atoms with Crippen molar-refractivity contribution in [2.75, 3.05) is 13.1 Å². The normalized spacial score (nSPS) is 22.0. The molecule has 0 bridgehead atoms. The molecule has 1 aromatic rings. The monoisotopic (exact) mass is 286 g/mol. The first-order valence-corrected chi connectivity index (χ1v) is 7.97. The number of hydrogen-bond donors (Lipinski definition) is 0. The van der Waals surface area contributed by atoms with Gasteiger partial charge in [-0.2, -0.15) is 4.99 Å². The SMILES string of the molecule is O=C1N=C(N2CCCCCC2)SC1=Cc1ccccc1. The van der Waals surface area contributed by atoms with E-state index in [1.54, 1.807) is 0 Å². The molecule has 4 heteroatoms. The van der Waals surface area contributed by atoms with E-state index < -0.39 is 0 Å². The lowest BCUT2D eigenvalue weighted by molar-refractivity contribution is -0.113. The molecule has 0 saturated carbocycles. The molecule has 1 aromatic carbocycles. The minimum atomic E-state index is -0.0990. The van der Waals surface area contributed by atoms with E-state index in [2.05, 4.69) is 9.89 Å². The van der Waals surface area contributed by atoms with Crippen LogP contribution < -0.4 is 0 Å². The van der Waals surface area contributed by atoms with Crippen LogP contribution in [-0.4, -0.2) is 29.1 Å². The number of thioether (sulfide) groups is 1. The third-order valence-corrected chi connectivity index (χ3v) is 4.63. The fourth-order valence-electron chi connectivity index (χ4n) is 2.50. The van der Waals surface area contributed by atoms with Crippen molar-refractivity contribution in [3.63, 3.8) is 0 Å². The minimum absolute atomic E-state index is 0.0990. The van der Waals surface area contributed by atoms with Crippen LogP contribution >= 0.6 is 11.8 Å². The minimum Gasteiger partial charge on any atom is -0.351 e. The summed E-state index contributed by atoms with van der Waals surface area (Å²) in [7, 11) is 0. The van der Waals surface area contributed by atoms with Crippen LogP contribution in [0.25, 0.3) is 6.08 Å². The largest absolute Gasteiger partial charge is 0.351 e. The first kappa shape index (κ1) is 13.4. The Labute approximate surface area is 123 Å². The van der Waals surface area contributed by atoms with Gasteiger partial charge in [0.25, 0.3) is 5.91 Å². The van der Waals surface area contributed by atoms with Crippen LogP contribution in [0, 0.1) is 0 Å². The van der Waals surface area contributed by atoms with Gasteiger partial charge >= 0.3 is 0 Å². The fraction of sp³-hybridized carbons (Fsp3) is 0.375. The van der Waals surface area contributed by atoms with Crippen LogP contribution in [0.1, 0.15) is 31.2 Å². The third kappa shape index (κ3) is 3.12. The van der Waals surface area contributed by atoms with Crippen molar-refractivity contribution < 1.29 is 4.79 Å². The van der Waals surface area contributed by atoms with Crippen molar-refractivity contribution in [3.8, 4) is 0 Å². The Morgan fingerprint density at radius 1 is 1.05 bits per heavy atom. The number of aliphatic imine (C=N–C) groups is 1. The van der Waals surface area contributed by atoms with Gasteiger partial charge < -0.3 is 4.90 Å². The number of likely N-dealkylation sites (tertiary alicyclic amines) is 1. The molecule has 1 saturated heterocycles. The van der Waals surface area contributed by atoms with Crippen LogP contribution in [0.2, 0.25) is 0 Å². The van der Waals surface area contributed by atoms with Gasteiger partial charge in [-0.1, -0.05) is 43.2 Å². The Morgan fingerprint density at radius 2 is 1.75 bits per heavy atom. The van der Waals surface area contributed by atoms with Crippen LogP contribution in [0.15, 0.2) is 40.2 Å². The van der Waals surface area contributed by atoms with E-state index in [4.69, 9.17) is 0 Å². The molecule has 0 aliphatic carbocycles. The van der Waals surface area contributed by atoms with Gasteiger partial charge in [-0.05, 0) is 36.2 Å². The molecule has 20 heavy (non-hydrogen) atoms. The van der Waals surface area contributed by atoms with E-state index in [-0.39, 0.29) is 5.91 Å². The molecular formula is C16H18N2OS. The summed E-state index contributed by atoms with van der Waals surface area (Å²) in [5.41, 5.74) is 1.05. The van der Waals surface area contributed by atoms with Crippen molar-refractivity contribution in [1.29, 1.82) is 0 Å². The van der Waals surface area contributed by atoms with Crippen LogP contribution in [0.3, 0.4) is 0 Å². The van der Waals surface area contributed by atoms with Crippen LogP contribution in [0.5, 0.6) is 0 Å². The number of hydrogen-bond acceptors (Lipinski definition) is 3. The molecule has 1 amide bonds. The van der Waals surface area contributed by atoms with Gasteiger partial charge in [-0.15, -0.1) is 0 Å². The van der Waals surface area contributed by atoms with Crippen molar-refractivity contribution in [2.45, 2.75) is 25.7 Å². The summed E-state index contributed by atoms with van der Waals surface area (Å²) < 4.78 is 0. The second-order valence-electron chi connectivity index (χ2n) is 5.12. The van der Waals surface area contributed by atoms with Crippen molar-refractivity contribution in [1.82, 2.24) is 4.90 Å². The Hall–Kier alpha value is -1.55. The lowest BCUT2D eigenvalue weighted by Crippen LogP contribution is -2.28. The summed E-state index contributed by atoms with van der Waals surface area (Å²) in [6, 6.07) is 9.94. The van der Waals surface area contributed by atoms with Gasteiger partial charge in [0, 0.05) is 13.1 Å². The Bertz CT molecular complexity index is 543. The lowest BCUT2D eigenvalue weighted by Gasteiger charge is -2.20. The Kier molecular flexibility index (Phi) is 4.21. The lowest BCUT2D eigenvalue weighted by atomic mass is 10.2. The van der Waals surface area contributed by atoms with Crippen molar-refractivity contribution in [2.24, 2.45) is 4.99 Å². The van der Waals surface area contributed by atoms with Gasteiger partial charge in [0.15, 0.2) is 5.17 Å². The highest BCUT2D eigenvalue weighted by Gasteiger charge is 2.26. The van der Waals surface area contributed by atoms with Crippen LogP contribution in [-0.2, 0) is 4.79 Å². The fourth-order valence-corrected chi connectivity index (χ4v) is 3.46. The zero-order valence-electron chi connectivity index (χ0n) is 11.4. The summed E-state index contributed by atoms with van der Waals surface area (Å²) >= 11 is 1.52. The Morgan fingerprint density at radius 3 is 2.45 bits per heavy atom. The first-order valence-electron chi connectivity index (χ1n) is 7.15. The zero-order valence-corrected chi connectivity index (χ0v) is 12.2. The molecule has 0 aromatic heterocycles. The van der Waals surface area contributed by atoms with E-state index in [1.165, 1.54) is 37.4 Å². The standard InChI is InChI=1S/C16H18N2OS/c19-15-14(12-13-8-4-3-5-9-13)20-16(17-15)18-10-6-1-2-7-11-18/h3-5,8-9,12H,1-2,6-7,10-11H2. The topological polar surface area (TPSA) is 32.7 Å². The summed E-state index contributed by atoms with van der Waals surface area (Å²) in [4.78, 5) is 19.2. The van der Waals surface area contributed by atoms with Gasteiger partial charge in [-0.25, -0.2) is 0 Å². The van der Waals surface area contributed by atoms with E-state index in [0.717, 1.165) is 28.7 Å². The predicted octanol–water partition coefficient (Wildman–Crippen LogP) is 3.53. The number of carbonyl (C=O) groups is 1. The van der Waals surface area contributed by atoms with Gasteiger partial charge in [0.05, 0.1) is 4.91 Å². The highest BCUT2D eigenvalue weighted by atomic mass is 32.2. The molecular weight excluding hydrogens is 268 g/mol. The average molecular weight is 286 g/mol. The highest BCUT2D eigenvalue weighted by molar-refractivity contribution is 8.18. The summed E-state index contributed by atoms with van der Waals surface area (Å²) in [6.07, 6.45) is 6.91. The van der Waals surface area contributed by atoms with Crippen molar-refractivity contribution >= 4 is 28.9 Å². The first-order chi connectivity index (χ1) is 9.83. The molecule has 0 spiro atoms. The van der Waals surface area contributed by atoms with Gasteiger partial charge in [0.2, 0.25) is 0 Å². The van der Waals surface area contributed by atoms with Crippen LogP contribution in [0.4, 0.5) is 0 Å². The highest BCUT2D eigenvalue weighted by Crippen LogP contribution is 2.31. The second kappa shape index (κ2) is 6.27. The molecule has 0 radical (unpaired) electrons. The molecule has 3 nitrogen and oxygen atoms in total. The van der Waals surface area contributed by atoms with E-state index in [9.17, 15) is 4.79 Å².